The van der Waals surface area contributed by atoms with Crippen LogP contribution in [0.2, 0.25) is 5.02 Å². The van der Waals surface area contributed by atoms with Crippen molar-refractivity contribution in [3.8, 4) is 0 Å². The fraction of sp³-hybridized carbons (Fsp3) is 0.455. The first kappa shape index (κ1) is 11.9. The Labute approximate surface area is 95.0 Å². The van der Waals surface area contributed by atoms with Gasteiger partial charge in [0, 0.05) is 16.0 Å². The van der Waals surface area contributed by atoms with Crippen LogP contribution in [0.4, 0.5) is 0 Å². The van der Waals surface area contributed by atoms with Crippen LogP contribution in [0.25, 0.3) is 0 Å². The van der Waals surface area contributed by atoms with Crippen molar-refractivity contribution in [2.75, 3.05) is 6.26 Å². The highest BCUT2D eigenvalue weighted by atomic mass is 35.5. The van der Waals surface area contributed by atoms with Crippen LogP contribution in [-0.4, -0.2) is 6.26 Å². The van der Waals surface area contributed by atoms with Crippen molar-refractivity contribution in [3.63, 3.8) is 0 Å². The lowest BCUT2D eigenvalue weighted by Gasteiger charge is -2.14. The van der Waals surface area contributed by atoms with Crippen LogP contribution in [-0.2, 0) is 0 Å². The van der Waals surface area contributed by atoms with Crippen LogP contribution >= 0.6 is 23.4 Å². The van der Waals surface area contributed by atoms with E-state index < -0.39 is 0 Å². The van der Waals surface area contributed by atoms with Crippen LogP contribution in [0.5, 0.6) is 0 Å². The summed E-state index contributed by atoms with van der Waals surface area (Å²) < 4.78 is 0. The van der Waals surface area contributed by atoms with Crippen LogP contribution in [0, 0.1) is 0 Å². The molecule has 1 atom stereocenters. The Morgan fingerprint density at radius 2 is 2.21 bits per heavy atom. The second kappa shape index (κ2) is 5.64. The second-order valence-corrected chi connectivity index (χ2v) is 4.57. The van der Waals surface area contributed by atoms with Crippen molar-refractivity contribution in [2.24, 2.45) is 5.73 Å². The Morgan fingerprint density at radius 1 is 1.50 bits per heavy atom. The molecule has 1 nitrogen and oxygen atoms in total. The van der Waals surface area contributed by atoms with Crippen LogP contribution < -0.4 is 5.73 Å². The van der Waals surface area contributed by atoms with E-state index in [4.69, 9.17) is 17.3 Å². The standard InChI is InChI=1S/C11H16ClNS/c1-3-4-10(13)9-7-8(12)5-6-11(9)14-2/h5-7,10H,3-4,13H2,1-2H3. The molecular formula is C11H16ClNS. The lowest BCUT2D eigenvalue weighted by molar-refractivity contribution is 0.629. The van der Waals surface area contributed by atoms with E-state index in [0.29, 0.717) is 0 Å². The molecule has 2 N–H and O–H groups in total. The average molecular weight is 230 g/mol. The van der Waals surface area contributed by atoms with Gasteiger partial charge in [0.05, 0.1) is 0 Å². The molecule has 0 aliphatic rings. The number of thioether (sulfide) groups is 1. The summed E-state index contributed by atoms with van der Waals surface area (Å²) in [6, 6.07) is 6.04. The zero-order chi connectivity index (χ0) is 10.6. The summed E-state index contributed by atoms with van der Waals surface area (Å²) in [7, 11) is 0. The fourth-order valence-electron chi connectivity index (χ4n) is 1.46. The molecule has 78 valence electrons. The van der Waals surface area contributed by atoms with E-state index in [-0.39, 0.29) is 6.04 Å². The normalized spacial score (nSPS) is 12.9. The van der Waals surface area contributed by atoms with Gasteiger partial charge in [-0.15, -0.1) is 11.8 Å². The molecule has 1 aromatic rings. The number of rotatable bonds is 4. The molecule has 0 amide bonds. The number of hydrogen-bond donors (Lipinski definition) is 1. The highest BCUT2D eigenvalue weighted by Gasteiger charge is 2.10. The van der Waals surface area contributed by atoms with Crippen LogP contribution in [0.3, 0.4) is 0 Å². The summed E-state index contributed by atoms with van der Waals surface area (Å²) in [6.45, 7) is 2.14. The van der Waals surface area contributed by atoms with E-state index in [2.05, 4.69) is 13.2 Å². The quantitative estimate of drug-likeness (QED) is 0.794. The Morgan fingerprint density at radius 3 is 2.79 bits per heavy atom. The topological polar surface area (TPSA) is 26.0 Å². The Balaban J connectivity index is 2.97. The van der Waals surface area contributed by atoms with Crippen LogP contribution in [0.1, 0.15) is 31.4 Å². The maximum Gasteiger partial charge on any atom is 0.0410 e. The molecule has 0 bridgehead atoms. The van der Waals surface area contributed by atoms with Gasteiger partial charge in [-0.3, -0.25) is 0 Å². The first-order valence-corrected chi connectivity index (χ1v) is 6.38. The minimum absolute atomic E-state index is 0.112. The molecule has 0 spiro atoms. The van der Waals surface area contributed by atoms with Crippen molar-refractivity contribution in [2.45, 2.75) is 30.7 Å². The molecule has 1 rings (SSSR count). The minimum Gasteiger partial charge on any atom is -0.324 e. The average Bonchev–Trinajstić information content (AvgIpc) is 2.18. The van der Waals surface area contributed by atoms with Crippen molar-refractivity contribution in [3.05, 3.63) is 28.8 Å². The van der Waals surface area contributed by atoms with E-state index in [1.165, 1.54) is 10.5 Å². The van der Waals surface area contributed by atoms with E-state index in [9.17, 15) is 0 Å². The molecule has 0 aliphatic heterocycles. The molecule has 0 saturated heterocycles. The van der Waals surface area contributed by atoms with Gasteiger partial charge in [0.2, 0.25) is 0 Å². The van der Waals surface area contributed by atoms with E-state index >= 15 is 0 Å². The fourth-order valence-corrected chi connectivity index (χ4v) is 2.29. The zero-order valence-electron chi connectivity index (χ0n) is 8.59. The molecule has 3 heteroatoms. The first-order chi connectivity index (χ1) is 6.69. The molecule has 1 unspecified atom stereocenters. The third-order valence-corrected chi connectivity index (χ3v) is 3.24. The summed E-state index contributed by atoms with van der Waals surface area (Å²) in [5.74, 6) is 0. The van der Waals surface area contributed by atoms with E-state index in [0.717, 1.165) is 17.9 Å². The minimum atomic E-state index is 0.112. The third-order valence-electron chi connectivity index (χ3n) is 2.19. The van der Waals surface area contributed by atoms with Gasteiger partial charge in [-0.2, -0.15) is 0 Å². The summed E-state index contributed by atoms with van der Waals surface area (Å²) in [5, 5.41) is 0.768. The van der Waals surface area contributed by atoms with Gasteiger partial charge in [0.25, 0.3) is 0 Å². The first-order valence-electron chi connectivity index (χ1n) is 4.78. The Hall–Kier alpha value is -0.180. The SMILES string of the molecule is CCCC(N)c1cc(Cl)ccc1SC. The molecule has 14 heavy (non-hydrogen) atoms. The maximum atomic E-state index is 6.08. The van der Waals surface area contributed by atoms with Gasteiger partial charge in [0.1, 0.15) is 0 Å². The maximum absolute atomic E-state index is 6.08. The van der Waals surface area contributed by atoms with Crippen LogP contribution in [0.15, 0.2) is 23.1 Å². The third kappa shape index (κ3) is 2.91. The lowest BCUT2D eigenvalue weighted by atomic mass is 10.0. The highest BCUT2D eigenvalue weighted by Crippen LogP contribution is 2.29. The van der Waals surface area contributed by atoms with Crippen molar-refractivity contribution in [1.82, 2.24) is 0 Å². The molecule has 0 fully saturated rings. The highest BCUT2D eigenvalue weighted by molar-refractivity contribution is 7.98. The number of halogens is 1. The zero-order valence-corrected chi connectivity index (χ0v) is 10.2. The Kier molecular flexibility index (Phi) is 4.79. The van der Waals surface area contributed by atoms with E-state index in [1.54, 1.807) is 11.8 Å². The van der Waals surface area contributed by atoms with Gasteiger partial charge < -0.3 is 5.73 Å². The largest absolute Gasteiger partial charge is 0.324 e. The predicted octanol–water partition coefficient (Wildman–Crippen LogP) is 3.86. The summed E-state index contributed by atoms with van der Waals surface area (Å²) in [5.41, 5.74) is 7.25. The molecule has 0 heterocycles. The van der Waals surface area contributed by atoms with Gasteiger partial charge in [-0.05, 0) is 36.4 Å². The van der Waals surface area contributed by atoms with E-state index in [1.807, 2.05) is 18.2 Å². The molecule has 0 saturated carbocycles. The van der Waals surface area contributed by atoms with Gasteiger partial charge >= 0.3 is 0 Å². The second-order valence-electron chi connectivity index (χ2n) is 3.28. The smallest absolute Gasteiger partial charge is 0.0410 e. The van der Waals surface area contributed by atoms with Crippen molar-refractivity contribution >= 4 is 23.4 Å². The molecule has 0 aliphatic carbocycles. The summed E-state index contributed by atoms with van der Waals surface area (Å²) in [6.07, 6.45) is 4.17. The van der Waals surface area contributed by atoms with Gasteiger partial charge in [0.15, 0.2) is 0 Å². The van der Waals surface area contributed by atoms with Gasteiger partial charge in [-0.25, -0.2) is 0 Å². The Bertz CT molecular complexity index is 301. The summed E-state index contributed by atoms with van der Waals surface area (Å²) >= 11 is 7.67. The van der Waals surface area contributed by atoms with Crippen molar-refractivity contribution < 1.29 is 0 Å². The summed E-state index contributed by atoms with van der Waals surface area (Å²) in [4.78, 5) is 1.23. The molecular weight excluding hydrogens is 214 g/mol. The molecule has 0 aromatic heterocycles. The monoisotopic (exact) mass is 229 g/mol. The number of nitrogens with two attached hydrogens (primary N) is 1. The van der Waals surface area contributed by atoms with Crippen molar-refractivity contribution in [1.29, 1.82) is 0 Å². The molecule has 0 radical (unpaired) electrons. The predicted molar refractivity (Wildman–Crippen MR) is 65.1 cm³/mol. The lowest BCUT2D eigenvalue weighted by Crippen LogP contribution is -2.10. The molecule has 1 aromatic carbocycles. The van der Waals surface area contributed by atoms with Gasteiger partial charge in [-0.1, -0.05) is 24.9 Å². The number of benzene rings is 1. The number of hydrogen-bond acceptors (Lipinski definition) is 2.